The zero-order valence-electron chi connectivity index (χ0n) is 16.9. The van der Waals surface area contributed by atoms with Gasteiger partial charge >= 0.3 is 6.03 Å². The average Bonchev–Trinajstić information content (AvgIpc) is 3.06. The van der Waals surface area contributed by atoms with Crippen LogP contribution in [0, 0.1) is 0 Å². The third kappa shape index (κ3) is 5.28. The molecule has 160 valence electrons. The maximum absolute atomic E-state index is 12.6. The van der Waals surface area contributed by atoms with Crippen molar-refractivity contribution in [3.05, 3.63) is 36.8 Å². The molecule has 2 amide bonds. The second-order valence-electron chi connectivity index (χ2n) is 7.59. The van der Waals surface area contributed by atoms with Gasteiger partial charge in [-0.3, -0.25) is 10.3 Å². The Labute approximate surface area is 174 Å². The number of amides is 2. The third-order valence-electron chi connectivity index (χ3n) is 3.78. The lowest BCUT2D eigenvalue weighted by atomic mass is 10.1. The highest BCUT2D eigenvalue weighted by Crippen LogP contribution is 2.23. The number of hydrogen-bond acceptors (Lipinski definition) is 7. The second kappa shape index (κ2) is 8.34. The van der Waals surface area contributed by atoms with Crippen LogP contribution in [0.2, 0.25) is 0 Å². The molecule has 0 saturated heterocycles. The van der Waals surface area contributed by atoms with Crippen molar-refractivity contribution in [1.82, 2.24) is 29.6 Å². The molecular formula is C18H24N8O3S. The summed E-state index contributed by atoms with van der Waals surface area (Å²) in [6.45, 7) is 5.95. The van der Waals surface area contributed by atoms with Gasteiger partial charge in [0.05, 0.1) is 0 Å². The Hall–Kier alpha value is -3.09. The van der Waals surface area contributed by atoms with Gasteiger partial charge in [0, 0.05) is 48.3 Å². The van der Waals surface area contributed by atoms with E-state index in [1.807, 2.05) is 0 Å². The van der Waals surface area contributed by atoms with Crippen molar-refractivity contribution < 1.29 is 13.2 Å². The van der Waals surface area contributed by atoms with E-state index in [9.17, 15) is 13.2 Å². The van der Waals surface area contributed by atoms with Crippen LogP contribution >= 0.6 is 0 Å². The number of urea groups is 1. The molecule has 0 unspecified atom stereocenters. The number of nitrogens with two attached hydrogens (primary N) is 1. The molecule has 12 heteroatoms. The van der Waals surface area contributed by atoms with Gasteiger partial charge in [-0.1, -0.05) is 0 Å². The minimum atomic E-state index is -3.72. The topological polar surface area (TPSA) is 156 Å². The molecule has 0 saturated carbocycles. The fraction of sp³-hybridized carbons (Fsp3) is 0.333. The van der Waals surface area contributed by atoms with Gasteiger partial charge in [0.15, 0.2) is 5.65 Å². The highest BCUT2D eigenvalue weighted by Gasteiger charge is 2.22. The molecule has 3 aromatic heterocycles. The molecule has 0 aliphatic heterocycles. The molecule has 0 spiro atoms. The van der Waals surface area contributed by atoms with Crippen molar-refractivity contribution in [3.8, 4) is 11.1 Å². The fourth-order valence-corrected chi connectivity index (χ4v) is 4.03. The van der Waals surface area contributed by atoms with E-state index in [1.165, 1.54) is 10.7 Å². The zero-order valence-corrected chi connectivity index (χ0v) is 17.7. The molecule has 0 atom stereocenters. The van der Waals surface area contributed by atoms with Crippen molar-refractivity contribution in [3.63, 3.8) is 0 Å². The molecule has 11 nitrogen and oxygen atoms in total. The van der Waals surface area contributed by atoms with Crippen LogP contribution in [-0.2, 0) is 10.0 Å². The number of aromatic nitrogens is 4. The first-order chi connectivity index (χ1) is 14.1. The summed E-state index contributed by atoms with van der Waals surface area (Å²) in [5, 5.41) is 9.31. The molecule has 30 heavy (non-hydrogen) atoms. The molecule has 3 aromatic rings. The molecular weight excluding hydrogens is 408 g/mol. The van der Waals surface area contributed by atoms with E-state index >= 15 is 0 Å². The summed E-state index contributed by atoms with van der Waals surface area (Å²) in [6, 6.07) is 4.57. The normalized spacial score (nSPS) is 12.1. The summed E-state index contributed by atoms with van der Waals surface area (Å²) in [7, 11) is -3.72. The molecule has 0 aliphatic rings. The maximum atomic E-state index is 12.6. The average molecular weight is 433 g/mol. The molecule has 0 bridgehead atoms. The highest BCUT2D eigenvalue weighted by molar-refractivity contribution is 7.89. The highest BCUT2D eigenvalue weighted by atomic mass is 32.2. The quantitative estimate of drug-likeness (QED) is 0.452. The van der Waals surface area contributed by atoms with Crippen molar-refractivity contribution in [2.45, 2.75) is 31.2 Å². The van der Waals surface area contributed by atoms with Crippen molar-refractivity contribution >= 4 is 27.6 Å². The Morgan fingerprint density at radius 3 is 2.67 bits per heavy atom. The molecule has 0 aromatic carbocycles. The second-order valence-corrected chi connectivity index (χ2v) is 9.27. The van der Waals surface area contributed by atoms with Gasteiger partial charge in [-0.2, -0.15) is 4.98 Å². The lowest BCUT2D eigenvalue weighted by molar-refractivity contribution is 0.252. The molecule has 5 N–H and O–H groups in total. The SMILES string of the molecule is CC(C)(C)NS(=O)(=O)c1cncc(-c2ccc3nc(NC(=O)NCCN)nn3c2)c1. The molecule has 3 rings (SSSR count). The summed E-state index contributed by atoms with van der Waals surface area (Å²) in [4.78, 5) is 20.1. The van der Waals surface area contributed by atoms with E-state index in [1.54, 1.807) is 51.4 Å². The first-order valence-electron chi connectivity index (χ1n) is 9.18. The summed E-state index contributed by atoms with van der Waals surface area (Å²) in [5.41, 5.74) is 6.53. The first-order valence-corrected chi connectivity index (χ1v) is 10.7. The van der Waals surface area contributed by atoms with Gasteiger partial charge in [-0.25, -0.2) is 22.4 Å². The van der Waals surface area contributed by atoms with Crippen LogP contribution in [0.1, 0.15) is 20.8 Å². The number of fused-ring (bicyclic) bond motifs is 1. The number of pyridine rings is 2. The van der Waals surface area contributed by atoms with Gasteiger partial charge < -0.3 is 11.1 Å². The summed E-state index contributed by atoms with van der Waals surface area (Å²) in [5.74, 6) is 0.130. The third-order valence-corrected chi connectivity index (χ3v) is 5.51. The number of carbonyl (C=O) groups is 1. The van der Waals surface area contributed by atoms with Crippen LogP contribution in [-0.4, -0.2) is 52.7 Å². The number of anilines is 1. The van der Waals surface area contributed by atoms with Crippen LogP contribution in [0.25, 0.3) is 16.8 Å². The van der Waals surface area contributed by atoms with Crippen LogP contribution in [0.5, 0.6) is 0 Å². The molecule has 3 heterocycles. The van der Waals surface area contributed by atoms with E-state index < -0.39 is 21.6 Å². The van der Waals surface area contributed by atoms with Gasteiger partial charge in [-0.15, -0.1) is 5.10 Å². The summed E-state index contributed by atoms with van der Waals surface area (Å²) < 4.78 is 29.3. The predicted molar refractivity (Wildman–Crippen MR) is 112 cm³/mol. The predicted octanol–water partition coefficient (Wildman–Crippen LogP) is 0.948. The molecule has 0 fully saturated rings. The van der Waals surface area contributed by atoms with Crippen LogP contribution < -0.4 is 21.1 Å². The Bertz CT molecular complexity index is 1170. The zero-order chi connectivity index (χ0) is 21.9. The van der Waals surface area contributed by atoms with Crippen LogP contribution in [0.4, 0.5) is 10.7 Å². The Morgan fingerprint density at radius 2 is 1.97 bits per heavy atom. The lowest BCUT2D eigenvalue weighted by Crippen LogP contribution is -2.40. The van der Waals surface area contributed by atoms with Gasteiger partial charge in [0.25, 0.3) is 5.95 Å². The number of hydrogen-bond donors (Lipinski definition) is 4. The number of carbonyl (C=O) groups excluding carboxylic acids is 1. The van der Waals surface area contributed by atoms with E-state index in [4.69, 9.17) is 5.73 Å². The van der Waals surface area contributed by atoms with E-state index in [0.717, 1.165) is 0 Å². The van der Waals surface area contributed by atoms with Gasteiger partial charge in [0.2, 0.25) is 10.0 Å². The maximum Gasteiger partial charge on any atom is 0.321 e. The fourth-order valence-electron chi connectivity index (χ4n) is 2.62. The summed E-state index contributed by atoms with van der Waals surface area (Å²) in [6.07, 6.45) is 4.54. The number of nitrogens with one attached hydrogen (secondary N) is 3. The van der Waals surface area contributed by atoms with Crippen LogP contribution in [0.3, 0.4) is 0 Å². The van der Waals surface area contributed by atoms with Crippen molar-refractivity contribution in [1.29, 1.82) is 0 Å². The largest absolute Gasteiger partial charge is 0.337 e. The number of sulfonamides is 1. The molecule has 0 aliphatic carbocycles. The van der Waals surface area contributed by atoms with Crippen molar-refractivity contribution in [2.75, 3.05) is 18.4 Å². The number of nitrogens with zero attached hydrogens (tertiary/aromatic N) is 4. The van der Waals surface area contributed by atoms with Gasteiger partial charge in [0.1, 0.15) is 4.90 Å². The van der Waals surface area contributed by atoms with E-state index in [-0.39, 0.29) is 10.8 Å². The van der Waals surface area contributed by atoms with Gasteiger partial charge in [-0.05, 0) is 39.0 Å². The minimum absolute atomic E-state index is 0.0625. The summed E-state index contributed by atoms with van der Waals surface area (Å²) >= 11 is 0. The minimum Gasteiger partial charge on any atom is -0.337 e. The molecule has 0 radical (unpaired) electrons. The Kier molecular flexibility index (Phi) is 6.01. The Morgan fingerprint density at radius 1 is 1.20 bits per heavy atom. The smallest absolute Gasteiger partial charge is 0.321 e. The lowest BCUT2D eigenvalue weighted by Gasteiger charge is -2.20. The number of rotatable bonds is 6. The standard InChI is InChI=1S/C18H24N8O3S/c1-18(2,3)25-30(28,29)14-8-13(9-20-10-14)12-4-5-15-22-16(24-26(15)11-12)23-17(27)21-7-6-19/h4-5,8-11,25H,6-7,19H2,1-3H3,(H2,21,23,24,27). The van der Waals surface area contributed by atoms with Crippen LogP contribution in [0.15, 0.2) is 41.7 Å². The Balaban J connectivity index is 1.87. The van der Waals surface area contributed by atoms with E-state index in [0.29, 0.717) is 29.9 Å². The monoisotopic (exact) mass is 432 g/mol. The first kappa shape index (κ1) is 21.6. The van der Waals surface area contributed by atoms with Crippen molar-refractivity contribution in [2.24, 2.45) is 5.73 Å². The van der Waals surface area contributed by atoms with E-state index in [2.05, 4.69) is 30.4 Å².